The van der Waals surface area contributed by atoms with Gasteiger partial charge in [-0.2, -0.15) is 0 Å². The molecule has 1 aromatic heterocycles. The summed E-state index contributed by atoms with van der Waals surface area (Å²) in [5.74, 6) is 0.934. The topological polar surface area (TPSA) is 41.3 Å². The molecule has 4 heteroatoms. The lowest BCUT2D eigenvalue weighted by Crippen LogP contribution is -2.53. The number of rotatable bonds is 6. The van der Waals surface area contributed by atoms with Crippen molar-refractivity contribution in [3.05, 3.63) is 30.1 Å². The van der Waals surface area contributed by atoms with Crippen LogP contribution in [0.2, 0.25) is 0 Å². The number of hydrogen-bond donors (Lipinski definition) is 1. The molecule has 1 unspecified atom stereocenters. The summed E-state index contributed by atoms with van der Waals surface area (Å²) in [6, 6.07) is 8.09. The number of aromatic nitrogens is 2. The first kappa shape index (κ1) is 16.0. The molecular weight excluding hydrogens is 262 g/mol. The summed E-state index contributed by atoms with van der Waals surface area (Å²) in [5, 5.41) is 10.7. The van der Waals surface area contributed by atoms with Gasteiger partial charge in [0.25, 0.3) is 0 Å². The van der Waals surface area contributed by atoms with E-state index >= 15 is 0 Å². The average molecular weight is 289 g/mol. The number of nitrogens with zero attached hydrogens (tertiary/aromatic N) is 3. The van der Waals surface area contributed by atoms with Crippen molar-refractivity contribution in [1.29, 1.82) is 0 Å². The van der Waals surface area contributed by atoms with Gasteiger partial charge in [0.2, 0.25) is 0 Å². The monoisotopic (exact) mass is 289 g/mol. The van der Waals surface area contributed by atoms with Crippen molar-refractivity contribution < 1.29 is 5.11 Å². The van der Waals surface area contributed by atoms with Crippen LogP contribution in [0.25, 0.3) is 11.0 Å². The Kier molecular flexibility index (Phi) is 4.69. The molecule has 0 saturated carbocycles. The molecule has 1 atom stereocenters. The molecule has 0 aliphatic carbocycles. The molecule has 1 heterocycles. The molecule has 2 aromatic rings. The third-order valence-electron chi connectivity index (χ3n) is 4.65. The highest BCUT2D eigenvalue weighted by atomic mass is 16.3. The molecule has 116 valence electrons. The fourth-order valence-electron chi connectivity index (χ4n) is 3.05. The fraction of sp³-hybridized carbons (Fsp3) is 0.588. The Balaban J connectivity index is 2.25. The summed E-state index contributed by atoms with van der Waals surface area (Å²) in [7, 11) is 2.02. The lowest BCUT2D eigenvalue weighted by molar-refractivity contribution is -0.00542. The lowest BCUT2D eigenvalue weighted by atomic mass is 9.92. The van der Waals surface area contributed by atoms with E-state index in [1.165, 1.54) is 0 Å². The molecule has 21 heavy (non-hydrogen) atoms. The van der Waals surface area contributed by atoms with E-state index in [2.05, 4.69) is 48.2 Å². The number of para-hydroxylation sites is 2. The number of fused-ring (bicyclic) bond motifs is 1. The second-order valence-corrected chi connectivity index (χ2v) is 6.12. The first-order chi connectivity index (χ1) is 9.91. The van der Waals surface area contributed by atoms with Gasteiger partial charge in [-0.15, -0.1) is 0 Å². The van der Waals surface area contributed by atoms with Gasteiger partial charge in [-0.1, -0.05) is 26.0 Å². The highest BCUT2D eigenvalue weighted by Gasteiger charge is 2.33. The lowest BCUT2D eigenvalue weighted by Gasteiger charge is -2.40. The number of aliphatic hydroxyl groups is 1. The van der Waals surface area contributed by atoms with Gasteiger partial charge in [0.15, 0.2) is 0 Å². The Morgan fingerprint density at radius 1 is 1.24 bits per heavy atom. The molecule has 0 spiro atoms. The molecular formula is C17H27N3O. The normalized spacial score (nSPS) is 14.0. The van der Waals surface area contributed by atoms with Crippen molar-refractivity contribution >= 4 is 11.0 Å². The zero-order chi connectivity index (χ0) is 15.6. The number of aryl methyl sites for hydroxylation is 1. The van der Waals surface area contributed by atoms with Crippen molar-refractivity contribution in [3.63, 3.8) is 0 Å². The minimum absolute atomic E-state index is 0.262. The van der Waals surface area contributed by atoms with Crippen molar-refractivity contribution in [2.75, 3.05) is 13.1 Å². The Morgan fingerprint density at radius 2 is 1.86 bits per heavy atom. The average Bonchev–Trinajstić information content (AvgIpc) is 2.77. The van der Waals surface area contributed by atoms with Crippen LogP contribution in [0.4, 0.5) is 0 Å². The van der Waals surface area contributed by atoms with Crippen LogP contribution >= 0.6 is 0 Å². The van der Waals surface area contributed by atoms with Gasteiger partial charge < -0.3 is 9.67 Å². The Hall–Kier alpha value is -1.39. The predicted molar refractivity (Wildman–Crippen MR) is 87.4 cm³/mol. The maximum atomic E-state index is 10.7. The number of aliphatic hydroxyl groups excluding tert-OH is 1. The predicted octanol–water partition coefficient (Wildman–Crippen LogP) is 2.60. The number of likely N-dealkylation sites (N-methyl/N-ethyl adjacent to an activating group) is 1. The van der Waals surface area contributed by atoms with E-state index in [0.29, 0.717) is 6.42 Å². The van der Waals surface area contributed by atoms with E-state index in [1.807, 2.05) is 25.2 Å². The molecule has 0 radical (unpaired) electrons. The van der Waals surface area contributed by atoms with Gasteiger partial charge >= 0.3 is 0 Å². The molecule has 0 saturated heterocycles. The van der Waals surface area contributed by atoms with E-state index in [9.17, 15) is 5.11 Å². The minimum atomic E-state index is -0.451. The maximum absolute atomic E-state index is 10.7. The molecule has 0 amide bonds. The zero-order valence-electron chi connectivity index (χ0n) is 13.8. The smallest absolute Gasteiger partial charge is 0.112 e. The zero-order valence-corrected chi connectivity index (χ0v) is 13.8. The van der Waals surface area contributed by atoms with E-state index in [0.717, 1.165) is 29.9 Å². The highest BCUT2D eigenvalue weighted by molar-refractivity contribution is 5.75. The Labute approximate surface area is 127 Å². The molecule has 0 bridgehead atoms. The highest BCUT2D eigenvalue weighted by Crippen LogP contribution is 2.23. The van der Waals surface area contributed by atoms with Crippen molar-refractivity contribution in [3.8, 4) is 0 Å². The summed E-state index contributed by atoms with van der Waals surface area (Å²) >= 11 is 0. The summed E-state index contributed by atoms with van der Waals surface area (Å²) < 4.78 is 2.08. The van der Waals surface area contributed by atoms with E-state index in [4.69, 9.17) is 0 Å². The molecule has 1 aromatic carbocycles. The number of benzene rings is 1. The molecule has 4 nitrogen and oxygen atoms in total. The molecule has 2 rings (SSSR count). The van der Waals surface area contributed by atoms with Crippen LogP contribution in [0, 0.1) is 0 Å². The van der Waals surface area contributed by atoms with Crippen LogP contribution in [0.3, 0.4) is 0 Å². The van der Waals surface area contributed by atoms with E-state index in [-0.39, 0.29) is 5.54 Å². The first-order valence-electron chi connectivity index (χ1n) is 7.75. The first-order valence-corrected chi connectivity index (χ1v) is 7.75. The van der Waals surface area contributed by atoms with E-state index < -0.39 is 6.10 Å². The van der Waals surface area contributed by atoms with Crippen LogP contribution in [0.5, 0.6) is 0 Å². The van der Waals surface area contributed by atoms with Crippen LogP contribution in [-0.4, -0.2) is 44.3 Å². The van der Waals surface area contributed by atoms with Crippen LogP contribution < -0.4 is 0 Å². The van der Waals surface area contributed by atoms with E-state index in [1.54, 1.807) is 0 Å². The second kappa shape index (κ2) is 6.16. The summed E-state index contributed by atoms with van der Waals surface area (Å²) in [4.78, 5) is 6.95. The summed E-state index contributed by atoms with van der Waals surface area (Å²) in [6.45, 7) is 10.3. The summed E-state index contributed by atoms with van der Waals surface area (Å²) in [5.41, 5.74) is 1.84. The Morgan fingerprint density at radius 3 is 2.43 bits per heavy atom. The van der Waals surface area contributed by atoms with Crippen LogP contribution in [0.1, 0.15) is 33.5 Å². The molecule has 0 aliphatic rings. The minimum Gasteiger partial charge on any atom is -0.391 e. The third-order valence-corrected chi connectivity index (χ3v) is 4.65. The summed E-state index contributed by atoms with van der Waals surface area (Å²) in [6.07, 6.45) is 0.113. The molecule has 0 aliphatic heterocycles. The van der Waals surface area contributed by atoms with Gasteiger partial charge in [0.1, 0.15) is 5.82 Å². The molecule has 0 fully saturated rings. The second-order valence-electron chi connectivity index (χ2n) is 6.12. The van der Waals surface area contributed by atoms with Gasteiger partial charge in [0.05, 0.1) is 17.1 Å². The largest absolute Gasteiger partial charge is 0.391 e. The van der Waals surface area contributed by atoms with Crippen LogP contribution in [0.15, 0.2) is 24.3 Å². The van der Waals surface area contributed by atoms with Crippen molar-refractivity contribution in [2.45, 2.75) is 45.8 Å². The SMILES string of the molecule is CCN(CC)C(C)(C)C(O)Cc1nc2ccccc2n1C. The van der Waals surface area contributed by atoms with Crippen LogP contribution in [-0.2, 0) is 13.5 Å². The van der Waals surface area contributed by atoms with Gasteiger partial charge in [-0.3, -0.25) is 4.90 Å². The molecule has 1 N–H and O–H groups in total. The quantitative estimate of drug-likeness (QED) is 0.888. The van der Waals surface area contributed by atoms with Gasteiger partial charge in [0, 0.05) is 19.0 Å². The van der Waals surface area contributed by atoms with Crippen molar-refractivity contribution in [2.24, 2.45) is 7.05 Å². The van der Waals surface area contributed by atoms with Gasteiger partial charge in [-0.05, 0) is 39.1 Å². The Bertz CT molecular complexity index is 599. The fourth-order valence-corrected chi connectivity index (χ4v) is 3.05. The third kappa shape index (κ3) is 2.97. The standard InChI is InChI=1S/C17H27N3O/c1-6-20(7-2)17(3,4)15(21)12-16-18-13-10-8-9-11-14(13)19(16)5/h8-11,15,21H,6-7,12H2,1-5H3. The number of imidazole rings is 1. The van der Waals surface area contributed by atoms with Crippen molar-refractivity contribution in [1.82, 2.24) is 14.5 Å². The van der Waals surface area contributed by atoms with Gasteiger partial charge in [-0.25, -0.2) is 4.98 Å². The number of hydrogen-bond acceptors (Lipinski definition) is 3. The maximum Gasteiger partial charge on any atom is 0.112 e.